The molecule has 0 aliphatic heterocycles. The lowest BCUT2D eigenvalue weighted by atomic mass is 10.2. The van der Waals surface area contributed by atoms with Crippen molar-refractivity contribution in [3.8, 4) is 0 Å². The number of nitrogens with zero attached hydrogens (tertiary/aromatic N) is 1. The lowest BCUT2D eigenvalue weighted by Crippen LogP contribution is -2.32. The summed E-state index contributed by atoms with van der Waals surface area (Å²) >= 11 is 0. The fraction of sp³-hybridized carbons (Fsp3) is 0.143. The molecule has 1 N–H and O–H groups in total. The summed E-state index contributed by atoms with van der Waals surface area (Å²) in [5, 5.41) is 2.55. The number of hydrogen-bond acceptors (Lipinski definition) is 1. The Hall–Kier alpha value is -2.23. The second kappa shape index (κ2) is 5.40. The molecule has 0 unspecified atom stereocenters. The molecular weight excluding hydrogens is 231 g/mol. The number of nitrogens with one attached hydrogen (secondary N) is 1. The number of rotatable bonds is 3. The van der Waals surface area contributed by atoms with E-state index in [1.54, 1.807) is 41.1 Å². The largest absolute Gasteiger partial charge is 0.319 e. The summed E-state index contributed by atoms with van der Waals surface area (Å²) in [6.45, 7) is 2.60. The zero-order valence-electron chi connectivity index (χ0n) is 10.1. The molecule has 0 aliphatic rings. The Labute approximate surface area is 105 Å². The van der Waals surface area contributed by atoms with Crippen molar-refractivity contribution in [2.24, 2.45) is 0 Å². The van der Waals surface area contributed by atoms with Crippen LogP contribution in [0.15, 0.2) is 48.8 Å². The maximum Gasteiger partial charge on any atom is 0.255 e. The Balaban J connectivity index is 2.17. The summed E-state index contributed by atoms with van der Waals surface area (Å²) in [5.41, 5.74) is 0.692. The number of hydrogen-bond donors (Lipinski definition) is 1. The van der Waals surface area contributed by atoms with Gasteiger partial charge in [-0.25, -0.2) is 4.57 Å². The third-order valence-corrected chi connectivity index (χ3v) is 2.62. The summed E-state index contributed by atoms with van der Waals surface area (Å²) in [6, 6.07) is 10.3. The van der Waals surface area contributed by atoms with E-state index in [1.807, 2.05) is 13.0 Å². The first-order valence-electron chi connectivity index (χ1n) is 5.75. The van der Waals surface area contributed by atoms with Crippen LogP contribution in [0.1, 0.15) is 17.3 Å². The van der Waals surface area contributed by atoms with Crippen LogP contribution < -0.4 is 9.88 Å². The molecule has 0 saturated carbocycles. The normalized spacial score (nSPS) is 10.1. The highest BCUT2D eigenvalue weighted by Crippen LogP contribution is 2.12. The van der Waals surface area contributed by atoms with E-state index >= 15 is 0 Å². The molecule has 0 spiro atoms. The monoisotopic (exact) mass is 245 g/mol. The number of carbonyl (C=O) groups excluding carboxylic acids is 1. The standard InChI is InChI=1S/C14H13FN2O/c1-2-17-9-8-13(12(15)10-17)16-14(18)11-6-4-3-5-7-11/h3-10H,2H2,1H3/p+1. The van der Waals surface area contributed by atoms with Crippen molar-refractivity contribution < 1.29 is 13.8 Å². The number of anilines is 1. The SMILES string of the molecule is CC[n+]1ccc(NC(=O)c2ccccc2)c(F)c1. The molecule has 0 aliphatic carbocycles. The third kappa shape index (κ3) is 2.71. The molecule has 0 saturated heterocycles. The minimum absolute atomic E-state index is 0.188. The average molecular weight is 245 g/mol. The Morgan fingerprint density at radius 2 is 2.00 bits per heavy atom. The molecule has 2 aromatic rings. The molecular formula is C14H14FN2O+. The molecule has 1 aromatic heterocycles. The van der Waals surface area contributed by atoms with Crippen LogP contribution in [0.5, 0.6) is 0 Å². The van der Waals surface area contributed by atoms with Crippen molar-refractivity contribution in [1.29, 1.82) is 0 Å². The van der Waals surface area contributed by atoms with Gasteiger partial charge in [-0.2, -0.15) is 4.39 Å². The topological polar surface area (TPSA) is 33.0 Å². The summed E-state index contributed by atoms with van der Waals surface area (Å²) in [5.74, 6) is -0.757. The van der Waals surface area contributed by atoms with Crippen LogP contribution in [-0.4, -0.2) is 5.91 Å². The van der Waals surface area contributed by atoms with Crippen molar-refractivity contribution >= 4 is 11.6 Å². The van der Waals surface area contributed by atoms with Crippen LogP contribution >= 0.6 is 0 Å². The van der Waals surface area contributed by atoms with Crippen LogP contribution in [0.3, 0.4) is 0 Å². The first-order valence-corrected chi connectivity index (χ1v) is 5.75. The van der Waals surface area contributed by atoms with E-state index in [2.05, 4.69) is 5.32 Å². The summed E-state index contributed by atoms with van der Waals surface area (Å²) < 4.78 is 15.4. The Morgan fingerprint density at radius 3 is 2.61 bits per heavy atom. The van der Waals surface area contributed by atoms with Gasteiger partial charge in [-0.05, 0) is 19.1 Å². The van der Waals surface area contributed by atoms with Crippen LogP contribution in [0.25, 0.3) is 0 Å². The van der Waals surface area contributed by atoms with E-state index in [0.717, 1.165) is 0 Å². The molecule has 1 amide bonds. The van der Waals surface area contributed by atoms with Gasteiger partial charge in [-0.3, -0.25) is 4.79 Å². The predicted octanol–water partition coefficient (Wildman–Crippen LogP) is 2.39. The van der Waals surface area contributed by atoms with Crippen molar-refractivity contribution in [2.75, 3.05) is 5.32 Å². The van der Waals surface area contributed by atoms with Gasteiger partial charge >= 0.3 is 0 Å². The summed E-state index contributed by atoms with van der Waals surface area (Å²) in [6.07, 6.45) is 3.09. The first-order chi connectivity index (χ1) is 8.70. The van der Waals surface area contributed by atoms with Gasteiger partial charge in [-0.15, -0.1) is 0 Å². The van der Waals surface area contributed by atoms with Crippen LogP contribution in [0.2, 0.25) is 0 Å². The molecule has 0 bridgehead atoms. The fourth-order valence-corrected chi connectivity index (χ4v) is 1.59. The van der Waals surface area contributed by atoms with Gasteiger partial charge in [0.1, 0.15) is 6.54 Å². The van der Waals surface area contributed by atoms with Gasteiger partial charge in [-0.1, -0.05) is 18.2 Å². The van der Waals surface area contributed by atoms with Gasteiger partial charge in [0, 0.05) is 11.6 Å². The van der Waals surface area contributed by atoms with E-state index in [4.69, 9.17) is 0 Å². The molecule has 3 nitrogen and oxygen atoms in total. The number of aryl methyl sites for hydroxylation is 1. The third-order valence-electron chi connectivity index (χ3n) is 2.62. The van der Waals surface area contributed by atoms with Crippen molar-refractivity contribution in [2.45, 2.75) is 13.5 Å². The molecule has 18 heavy (non-hydrogen) atoms. The zero-order chi connectivity index (χ0) is 13.0. The maximum absolute atomic E-state index is 13.7. The Kier molecular flexibility index (Phi) is 3.67. The van der Waals surface area contributed by atoms with E-state index in [9.17, 15) is 9.18 Å². The molecule has 0 fully saturated rings. The van der Waals surface area contributed by atoms with Gasteiger partial charge in [0.25, 0.3) is 5.91 Å². The number of carbonyl (C=O) groups is 1. The van der Waals surface area contributed by atoms with Gasteiger partial charge in [0.05, 0.1) is 5.69 Å². The maximum atomic E-state index is 13.7. The molecule has 92 valence electrons. The number of benzene rings is 1. The molecule has 4 heteroatoms. The zero-order valence-corrected chi connectivity index (χ0v) is 10.1. The van der Waals surface area contributed by atoms with E-state index in [-0.39, 0.29) is 11.6 Å². The minimum atomic E-state index is -0.441. The van der Waals surface area contributed by atoms with Gasteiger partial charge in [0.2, 0.25) is 12.0 Å². The summed E-state index contributed by atoms with van der Waals surface area (Å²) in [7, 11) is 0. The number of amides is 1. The average Bonchev–Trinajstić information content (AvgIpc) is 2.42. The van der Waals surface area contributed by atoms with Crippen LogP contribution in [-0.2, 0) is 6.54 Å². The summed E-state index contributed by atoms with van der Waals surface area (Å²) in [4.78, 5) is 11.8. The smallest absolute Gasteiger partial charge is 0.255 e. The van der Waals surface area contributed by atoms with Crippen molar-refractivity contribution in [3.63, 3.8) is 0 Å². The number of aromatic nitrogens is 1. The van der Waals surface area contributed by atoms with Crippen LogP contribution in [0.4, 0.5) is 10.1 Å². The highest BCUT2D eigenvalue weighted by Gasteiger charge is 2.11. The first kappa shape index (κ1) is 12.2. The van der Waals surface area contributed by atoms with E-state index in [1.165, 1.54) is 6.20 Å². The molecule has 2 rings (SSSR count). The quantitative estimate of drug-likeness (QED) is 0.827. The van der Waals surface area contributed by atoms with Crippen molar-refractivity contribution in [1.82, 2.24) is 0 Å². The molecule has 1 heterocycles. The van der Waals surface area contributed by atoms with E-state index < -0.39 is 5.82 Å². The Bertz CT molecular complexity index is 555. The highest BCUT2D eigenvalue weighted by atomic mass is 19.1. The van der Waals surface area contributed by atoms with Gasteiger partial charge < -0.3 is 5.32 Å². The number of halogens is 1. The lowest BCUT2D eigenvalue weighted by Gasteiger charge is -2.05. The number of pyridine rings is 1. The van der Waals surface area contributed by atoms with Crippen molar-refractivity contribution in [3.05, 3.63) is 60.2 Å². The molecule has 0 radical (unpaired) electrons. The molecule has 0 atom stereocenters. The second-order valence-corrected chi connectivity index (χ2v) is 3.86. The minimum Gasteiger partial charge on any atom is -0.319 e. The highest BCUT2D eigenvalue weighted by molar-refractivity contribution is 6.04. The second-order valence-electron chi connectivity index (χ2n) is 3.86. The predicted molar refractivity (Wildman–Crippen MR) is 66.7 cm³/mol. The van der Waals surface area contributed by atoms with Crippen LogP contribution in [0, 0.1) is 5.82 Å². The Morgan fingerprint density at radius 1 is 1.28 bits per heavy atom. The molecule has 1 aromatic carbocycles. The van der Waals surface area contributed by atoms with E-state index in [0.29, 0.717) is 12.1 Å². The van der Waals surface area contributed by atoms with Gasteiger partial charge in [0.15, 0.2) is 6.20 Å². The fourth-order valence-electron chi connectivity index (χ4n) is 1.59. The lowest BCUT2D eigenvalue weighted by molar-refractivity contribution is -0.694.